The van der Waals surface area contributed by atoms with Gasteiger partial charge in [0, 0.05) is 19.2 Å². The Kier molecular flexibility index (Phi) is 4.81. The van der Waals surface area contributed by atoms with Gasteiger partial charge in [-0.3, -0.25) is 9.78 Å². The first-order valence-electron chi connectivity index (χ1n) is 7.67. The lowest BCUT2D eigenvalue weighted by Gasteiger charge is -2.32. The molecule has 22 heavy (non-hydrogen) atoms. The molecule has 1 aromatic carbocycles. The van der Waals surface area contributed by atoms with Crippen LogP contribution in [-0.2, 0) is 16.0 Å². The topological polar surface area (TPSA) is 42.4 Å². The molecule has 3 rings (SSSR count). The Morgan fingerprint density at radius 1 is 1.18 bits per heavy atom. The molecule has 0 saturated carbocycles. The lowest BCUT2D eigenvalue weighted by Crippen LogP contribution is -2.42. The van der Waals surface area contributed by atoms with Crippen molar-refractivity contribution in [2.45, 2.75) is 18.9 Å². The third-order valence-electron chi connectivity index (χ3n) is 3.91. The van der Waals surface area contributed by atoms with Crippen LogP contribution >= 0.6 is 0 Å². The maximum absolute atomic E-state index is 12.4. The number of pyridine rings is 1. The summed E-state index contributed by atoms with van der Waals surface area (Å²) in [6.45, 7) is 1.82. The van der Waals surface area contributed by atoms with Crippen LogP contribution in [0, 0.1) is 0 Å². The minimum absolute atomic E-state index is 0.115. The molecule has 1 unspecified atom stereocenters. The van der Waals surface area contributed by atoms with E-state index in [2.05, 4.69) is 17.1 Å². The monoisotopic (exact) mass is 296 g/mol. The van der Waals surface area contributed by atoms with Crippen molar-refractivity contribution < 1.29 is 9.53 Å². The van der Waals surface area contributed by atoms with Crippen molar-refractivity contribution in [3.63, 3.8) is 0 Å². The molecular formula is C18H20N2O2. The van der Waals surface area contributed by atoms with Gasteiger partial charge >= 0.3 is 0 Å². The molecular weight excluding hydrogens is 276 g/mol. The molecule has 0 N–H and O–H groups in total. The molecule has 4 nitrogen and oxygen atoms in total. The summed E-state index contributed by atoms with van der Waals surface area (Å²) in [5, 5.41) is 0. The van der Waals surface area contributed by atoms with E-state index in [4.69, 9.17) is 4.74 Å². The molecule has 0 spiro atoms. The van der Waals surface area contributed by atoms with E-state index in [9.17, 15) is 4.79 Å². The first-order valence-corrected chi connectivity index (χ1v) is 7.67. The zero-order valence-electron chi connectivity index (χ0n) is 12.5. The number of carbonyl (C=O) groups is 1. The third kappa shape index (κ3) is 3.71. The predicted molar refractivity (Wildman–Crippen MR) is 84.3 cm³/mol. The number of hydrogen-bond donors (Lipinski definition) is 0. The first-order chi connectivity index (χ1) is 10.8. The molecule has 1 aliphatic heterocycles. The maximum Gasteiger partial charge on any atom is 0.223 e. The van der Waals surface area contributed by atoms with Crippen LogP contribution < -0.4 is 0 Å². The molecule has 2 aromatic rings. The van der Waals surface area contributed by atoms with Gasteiger partial charge in [0.1, 0.15) is 6.10 Å². The van der Waals surface area contributed by atoms with Crippen molar-refractivity contribution in [3.05, 3.63) is 66.0 Å². The van der Waals surface area contributed by atoms with E-state index in [1.54, 1.807) is 6.20 Å². The Bertz CT molecular complexity index is 601. The highest BCUT2D eigenvalue weighted by Crippen LogP contribution is 2.20. The Hall–Kier alpha value is -2.20. The molecule has 0 bridgehead atoms. The van der Waals surface area contributed by atoms with E-state index in [-0.39, 0.29) is 12.0 Å². The molecule has 0 aliphatic carbocycles. The van der Waals surface area contributed by atoms with E-state index in [0.29, 0.717) is 26.1 Å². The van der Waals surface area contributed by atoms with Gasteiger partial charge in [-0.05, 0) is 24.1 Å². The summed E-state index contributed by atoms with van der Waals surface area (Å²) in [6, 6.07) is 15.9. The van der Waals surface area contributed by atoms with Crippen LogP contribution in [0.3, 0.4) is 0 Å². The zero-order chi connectivity index (χ0) is 15.2. The van der Waals surface area contributed by atoms with Gasteiger partial charge in [-0.25, -0.2) is 0 Å². The number of nitrogens with zero attached hydrogens (tertiary/aromatic N) is 2. The fourth-order valence-electron chi connectivity index (χ4n) is 2.68. The van der Waals surface area contributed by atoms with E-state index >= 15 is 0 Å². The van der Waals surface area contributed by atoms with Crippen molar-refractivity contribution in [3.8, 4) is 0 Å². The Labute approximate surface area is 130 Å². The fraction of sp³-hybridized carbons (Fsp3) is 0.333. The van der Waals surface area contributed by atoms with Crippen LogP contribution in [0.2, 0.25) is 0 Å². The second-order valence-electron chi connectivity index (χ2n) is 5.44. The summed E-state index contributed by atoms with van der Waals surface area (Å²) >= 11 is 0. The van der Waals surface area contributed by atoms with Gasteiger partial charge in [0.15, 0.2) is 0 Å². The van der Waals surface area contributed by atoms with Gasteiger partial charge in [-0.1, -0.05) is 36.4 Å². The standard InChI is InChI=1S/C18H20N2O2/c21-18(10-9-15-6-2-1-3-7-15)20-12-13-22-17(14-20)16-8-4-5-11-19-16/h1-8,11,17H,9-10,12-14H2. The van der Waals surface area contributed by atoms with Crippen LogP contribution in [-0.4, -0.2) is 35.5 Å². The number of rotatable bonds is 4. The van der Waals surface area contributed by atoms with Crippen LogP contribution in [0.15, 0.2) is 54.7 Å². The fourth-order valence-corrected chi connectivity index (χ4v) is 2.68. The van der Waals surface area contributed by atoms with Gasteiger partial charge in [0.25, 0.3) is 0 Å². The minimum Gasteiger partial charge on any atom is -0.368 e. The lowest BCUT2D eigenvalue weighted by molar-refractivity contribution is -0.139. The number of amides is 1. The Morgan fingerprint density at radius 3 is 2.77 bits per heavy atom. The lowest BCUT2D eigenvalue weighted by atomic mass is 10.1. The van der Waals surface area contributed by atoms with Crippen LogP contribution in [0.1, 0.15) is 23.8 Å². The molecule has 1 amide bonds. The molecule has 4 heteroatoms. The van der Waals surface area contributed by atoms with Crippen molar-refractivity contribution in [1.29, 1.82) is 0 Å². The Morgan fingerprint density at radius 2 is 2.00 bits per heavy atom. The normalized spacial score (nSPS) is 18.2. The van der Waals surface area contributed by atoms with Crippen LogP contribution in [0.4, 0.5) is 0 Å². The SMILES string of the molecule is O=C(CCc1ccccc1)N1CCOC(c2ccccn2)C1. The largest absolute Gasteiger partial charge is 0.368 e. The molecule has 1 aliphatic rings. The number of hydrogen-bond acceptors (Lipinski definition) is 3. The van der Waals surface area contributed by atoms with Gasteiger partial charge in [-0.2, -0.15) is 0 Å². The van der Waals surface area contributed by atoms with Gasteiger partial charge in [-0.15, -0.1) is 0 Å². The summed E-state index contributed by atoms with van der Waals surface area (Å²) in [6.07, 6.45) is 2.97. The van der Waals surface area contributed by atoms with E-state index < -0.39 is 0 Å². The summed E-state index contributed by atoms with van der Waals surface area (Å²) in [4.78, 5) is 18.6. The molecule has 1 aromatic heterocycles. The number of aromatic nitrogens is 1. The number of morpholine rings is 1. The predicted octanol–water partition coefficient (Wildman–Crippen LogP) is 2.61. The minimum atomic E-state index is -0.115. The van der Waals surface area contributed by atoms with E-state index in [1.165, 1.54) is 5.56 Å². The molecule has 1 fully saturated rings. The summed E-state index contributed by atoms with van der Waals surface area (Å²) in [7, 11) is 0. The second-order valence-corrected chi connectivity index (χ2v) is 5.44. The highest BCUT2D eigenvalue weighted by molar-refractivity contribution is 5.76. The van der Waals surface area contributed by atoms with E-state index in [0.717, 1.165) is 12.1 Å². The molecule has 114 valence electrons. The van der Waals surface area contributed by atoms with Gasteiger partial charge in [0.2, 0.25) is 5.91 Å². The molecule has 0 radical (unpaired) electrons. The molecule has 2 heterocycles. The quantitative estimate of drug-likeness (QED) is 0.871. The van der Waals surface area contributed by atoms with Crippen molar-refractivity contribution in [2.75, 3.05) is 19.7 Å². The maximum atomic E-state index is 12.4. The summed E-state index contributed by atoms with van der Waals surface area (Å²) < 4.78 is 5.75. The first kappa shape index (κ1) is 14.7. The van der Waals surface area contributed by atoms with Crippen molar-refractivity contribution in [2.24, 2.45) is 0 Å². The summed E-state index contributed by atoms with van der Waals surface area (Å²) in [5.74, 6) is 0.188. The molecule has 1 atom stereocenters. The summed E-state index contributed by atoms with van der Waals surface area (Å²) in [5.41, 5.74) is 2.09. The molecule has 1 saturated heterocycles. The van der Waals surface area contributed by atoms with E-state index in [1.807, 2.05) is 41.3 Å². The number of carbonyl (C=O) groups excluding carboxylic acids is 1. The zero-order valence-corrected chi connectivity index (χ0v) is 12.5. The third-order valence-corrected chi connectivity index (χ3v) is 3.91. The smallest absolute Gasteiger partial charge is 0.223 e. The van der Waals surface area contributed by atoms with Gasteiger partial charge in [0.05, 0.1) is 18.8 Å². The second kappa shape index (κ2) is 7.18. The van der Waals surface area contributed by atoms with Crippen molar-refractivity contribution >= 4 is 5.91 Å². The highest BCUT2D eigenvalue weighted by Gasteiger charge is 2.25. The number of benzene rings is 1. The average Bonchev–Trinajstić information content (AvgIpc) is 2.61. The van der Waals surface area contributed by atoms with Crippen LogP contribution in [0.5, 0.6) is 0 Å². The Balaban J connectivity index is 1.56. The highest BCUT2D eigenvalue weighted by atomic mass is 16.5. The number of ether oxygens (including phenoxy) is 1. The van der Waals surface area contributed by atoms with Gasteiger partial charge < -0.3 is 9.64 Å². The van der Waals surface area contributed by atoms with Crippen molar-refractivity contribution in [1.82, 2.24) is 9.88 Å². The number of aryl methyl sites for hydroxylation is 1. The van der Waals surface area contributed by atoms with Crippen LogP contribution in [0.25, 0.3) is 0 Å². The average molecular weight is 296 g/mol.